The second-order valence-corrected chi connectivity index (χ2v) is 18.0. The quantitative estimate of drug-likeness (QED) is 0.128. The van der Waals surface area contributed by atoms with Crippen LogP contribution in [0.1, 0.15) is 0 Å². The van der Waals surface area contributed by atoms with Crippen LogP contribution in [0.5, 0.6) is 0 Å². The van der Waals surface area contributed by atoms with Crippen molar-refractivity contribution < 1.29 is 0 Å². The van der Waals surface area contributed by atoms with E-state index in [1.807, 2.05) is 0 Å². The number of aromatic nitrogens is 2. The van der Waals surface area contributed by atoms with Gasteiger partial charge in [0.05, 0.1) is 22.8 Å². The van der Waals surface area contributed by atoms with Crippen LogP contribution in [-0.4, -0.2) is 9.13 Å². The van der Waals surface area contributed by atoms with Crippen molar-refractivity contribution in [2.24, 2.45) is 0 Å². The molecule has 0 saturated heterocycles. The Kier molecular flexibility index (Phi) is 10.2. The number of fused-ring (bicyclic) bond motifs is 3. The third-order valence-corrected chi connectivity index (χ3v) is 14.0. The minimum absolute atomic E-state index is 1.10. The van der Waals surface area contributed by atoms with Gasteiger partial charge in [0.2, 0.25) is 0 Å². The van der Waals surface area contributed by atoms with Crippen LogP contribution in [-0.2, 0) is 0 Å². The lowest BCUT2D eigenvalue weighted by Crippen LogP contribution is -2.02. The van der Waals surface area contributed by atoms with Crippen molar-refractivity contribution in [2.75, 3.05) is 0 Å². The van der Waals surface area contributed by atoms with Crippen molar-refractivity contribution in [1.82, 2.24) is 9.13 Å². The van der Waals surface area contributed by atoms with Gasteiger partial charge in [-0.2, -0.15) is 0 Å². The lowest BCUT2D eigenvalue weighted by atomic mass is 9.81. The van der Waals surface area contributed by atoms with E-state index in [0.29, 0.717) is 0 Å². The van der Waals surface area contributed by atoms with E-state index < -0.39 is 0 Å². The van der Waals surface area contributed by atoms with Gasteiger partial charge in [0.1, 0.15) is 0 Å². The first-order valence-electron chi connectivity index (χ1n) is 24.1. The number of benzene rings is 11. The van der Waals surface area contributed by atoms with E-state index in [1.54, 1.807) is 0 Å². The molecule has 0 aliphatic rings. The average molecular weight is 891 g/mol. The van der Waals surface area contributed by atoms with Gasteiger partial charge in [0.15, 0.2) is 0 Å². The zero-order valence-electron chi connectivity index (χ0n) is 38.5. The normalized spacial score (nSPS) is 11.4. The van der Waals surface area contributed by atoms with E-state index in [-0.39, 0.29) is 0 Å². The van der Waals surface area contributed by atoms with Crippen molar-refractivity contribution in [3.05, 3.63) is 279 Å². The van der Waals surface area contributed by atoms with Gasteiger partial charge < -0.3 is 9.13 Å². The van der Waals surface area contributed by atoms with Crippen LogP contribution in [0.2, 0.25) is 0 Å². The van der Waals surface area contributed by atoms with Crippen LogP contribution in [0.15, 0.2) is 279 Å². The van der Waals surface area contributed by atoms with E-state index in [0.717, 1.165) is 56.4 Å². The zero-order chi connectivity index (χ0) is 46.4. The fourth-order valence-electron chi connectivity index (χ4n) is 10.8. The molecule has 13 rings (SSSR count). The highest BCUT2D eigenvalue weighted by Crippen LogP contribution is 2.50. The molecule has 0 radical (unpaired) electrons. The van der Waals surface area contributed by atoms with Gasteiger partial charge >= 0.3 is 0 Å². The molecule has 0 saturated carbocycles. The van der Waals surface area contributed by atoms with Gasteiger partial charge in [-0.1, -0.05) is 231 Å². The Hall–Kier alpha value is -9.24. The maximum atomic E-state index is 2.47. The number of nitrogens with zero attached hydrogens (tertiary/aromatic N) is 2. The van der Waals surface area contributed by atoms with E-state index in [1.165, 1.54) is 65.7 Å². The molecular formula is C68H46N2. The molecule has 0 unspecified atom stereocenters. The van der Waals surface area contributed by atoms with Gasteiger partial charge in [-0.25, -0.2) is 0 Å². The smallest absolute Gasteiger partial charge is 0.0535 e. The Bertz CT molecular complexity index is 3890. The second-order valence-electron chi connectivity index (χ2n) is 18.0. The summed E-state index contributed by atoms with van der Waals surface area (Å²) in [5.41, 5.74) is 18.6. The molecule has 0 amide bonds. The van der Waals surface area contributed by atoms with Crippen molar-refractivity contribution in [3.63, 3.8) is 0 Å². The van der Waals surface area contributed by atoms with Crippen LogP contribution in [0.25, 0.3) is 122 Å². The van der Waals surface area contributed by atoms with Crippen LogP contribution < -0.4 is 0 Å². The molecule has 0 fully saturated rings. The predicted molar refractivity (Wildman–Crippen MR) is 296 cm³/mol. The summed E-state index contributed by atoms with van der Waals surface area (Å²) in [5, 5.41) is 7.17. The van der Waals surface area contributed by atoms with Crippen molar-refractivity contribution >= 4 is 32.3 Å². The Morgan fingerprint density at radius 1 is 0.200 bits per heavy atom. The maximum Gasteiger partial charge on any atom is 0.0535 e. The molecule has 70 heavy (non-hydrogen) atoms. The molecule has 0 bridgehead atoms. The van der Waals surface area contributed by atoms with E-state index in [2.05, 4.69) is 288 Å². The lowest BCUT2D eigenvalue weighted by Gasteiger charge is -2.24. The summed E-state index contributed by atoms with van der Waals surface area (Å²) in [6.45, 7) is 0. The van der Waals surface area contributed by atoms with Crippen LogP contribution in [0.4, 0.5) is 0 Å². The van der Waals surface area contributed by atoms with Gasteiger partial charge in [-0.3, -0.25) is 0 Å². The summed E-state index contributed by atoms with van der Waals surface area (Å²) in [5.74, 6) is 0. The average Bonchev–Trinajstić information content (AvgIpc) is 4.10. The maximum absolute atomic E-state index is 2.47. The molecule has 328 valence electrons. The van der Waals surface area contributed by atoms with E-state index in [9.17, 15) is 0 Å². The highest BCUT2D eigenvalue weighted by molar-refractivity contribution is 6.25. The number of hydrogen-bond donors (Lipinski definition) is 0. The van der Waals surface area contributed by atoms with Gasteiger partial charge in [0.25, 0.3) is 0 Å². The molecule has 0 N–H and O–H groups in total. The minimum Gasteiger partial charge on any atom is -0.309 e. The van der Waals surface area contributed by atoms with E-state index in [4.69, 9.17) is 0 Å². The van der Waals surface area contributed by atoms with Crippen LogP contribution >= 0.6 is 0 Å². The molecule has 11 aromatic carbocycles. The minimum atomic E-state index is 1.10. The SMILES string of the molecule is c1ccc(-c2ccc3ccccc3c2-c2c3ccc(-n4c(-c5ccccc5)ccc4-c4ccccc4)cc3c(-c3ccccc3)c3ccc(-n4c(-c5ccccc5)ccc4-c4ccccc4)cc23)cc1. The Morgan fingerprint density at radius 3 is 1.00 bits per heavy atom. The predicted octanol–water partition coefficient (Wildman–Crippen LogP) is 18.4. The molecule has 2 heterocycles. The summed E-state index contributed by atoms with van der Waals surface area (Å²) in [6.07, 6.45) is 0. The summed E-state index contributed by atoms with van der Waals surface area (Å²) in [4.78, 5) is 0. The first-order valence-corrected chi connectivity index (χ1v) is 24.1. The molecule has 0 spiro atoms. The highest BCUT2D eigenvalue weighted by atomic mass is 15.0. The summed E-state index contributed by atoms with van der Waals surface area (Å²) in [7, 11) is 0. The third-order valence-electron chi connectivity index (χ3n) is 14.0. The second kappa shape index (κ2) is 17.4. The van der Waals surface area contributed by atoms with Crippen molar-refractivity contribution in [2.45, 2.75) is 0 Å². The summed E-state index contributed by atoms with van der Waals surface area (Å²) >= 11 is 0. The summed E-state index contributed by atoms with van der Waals surface area (Å²) in [6, 6.07) is 102. The number of hydrogen-bond acceptors (Lipinski definition) is 0. The number of rotatable bonds is 9. The third kappa shape index (κ3) is 7.05. The molecule has 2 aromatic heterocycles. The molecule has 0 atom stereocenters. The topological polar surface area (TPSA) is 9.86 Å². The molecular weight excluding hydrogens is 845 g/mol. The van der Waals surface area contributed by atoms with Crippen molar-refractivity contribution in [1.29, 1.82) is 0 Å². The fraction of sp³-hybridized carbons (Fsp3) is 0. The first-order chi connectivity index (χ1) is 34.8. The van der Waals surface area contributed by atoms with Crippen molar-refractivity contribution in [3.8, 4) is 89.8 Å². The molecule has 0 aliphatic heterocycles. The molecule has 2 nitrogen and oxygen atoms in total. The largest absolute Gasteiger partial charge is 0.309 e. The van der Waals surface area contributed by atoms with Gasteiger partial charge in [0, 0.05) is 11.4 Å². The van der Waals surface area contributed by atoms with Gasteiger partial charge in [-0.15, -0.1) is 0 Å². The van der Waals surface area contributed by atoms with Crippen LogP contribution in [0, 0.1) is 0 Å². The monoisotopic (exact) mass is 890 g/mol. The molecule has 0 aliphatic carbocycles. The molecule has 13 aromatic rings. The zero-order valence-corrected chi connectivity index (χ0v) is 38.5. The molecule has 2 heteroatoms. The summed E-state index contributed by atoms with van der Waals surface area (Å²) < 4.78 is 4.90. The standard InChI is InChI=1S/C68H46N2/c1-7-21-47(22-8-1)57-38-35-48-23-19-20-34-56(48)67(57)68-59-40-37-54(69-62(49-24-9-2-10-25-49)41-42-63(69)50-26-11-3-12-27-50)45-60(59)66(53-32-17-6-18-33-53)58-39-36-55(46-61(58)68)70-64(51-28-13-4-14-29-51)43-44-65(70)52-30-15-5-16-31-52/h1-46H. The van der Waals surface area contributed by atoms with Gasteiger partial charge in [-0.05, 0) is 136 Å². The lowest BCUT2D eigenvalue weighted by molar-refractivity contribution is 1.10. The van der Waals surface area contributed by atoms with E-state index >= 15 is 0 Å². The highest BCUT2D eigenvalue weighted by Gasteiger charge is 2.24. The fourth-order valence-corrected chi connectivity index (χ4v) is 10.8. The van der Waals surface area contributed by atoms with Crippen LogP contribution in [0.3, 0.4) is 0 Å². The Morgan fingerprint density at radius 2 is 0.557 bits per heavy atom. The Balaban J connectivity index is 1.19. The first kappa shape index (κ1) is 41.0. The Labute approximate surface area is 408 Å².